The number of rotatable bonds is 3. The number of nitrogens with one attached hydrogen (secondary N) is 1. The number of hydrogen-bond acceptors (Lipinski definition) is 3. The second-order valence-electron chi connectivity index (χ2n) is 3.45. The molecule has 0 fully saturated rings. The molecular weight excluding hydrogens is 371 g/mol. The Kier molecular flexibility index (Phi) is 4.32. The summed E-state index contributed by atoms with van der Waals surface area (Å²) in [6, 6.07) is 4.76. The lowest BCUT2D eigenvalue weighted by Crippen LogP contribution is -2.28. The van der Waals surface area contributed by atoms with Gasteiger partial charge >= 0.3 is 0 Å². The van der Waals surface area contributed by atoms with Gasteiger partial charge in [-0.05, 0) is 60.5 Å². The highest BCUT2D eigenvalue weighted by Crippen LogP contribution is 2.32. The minimum atomic E-state index is -0.297. The molecule has 17 heavy (non-hydrogen) atoms. The Balaban J connectivity index is 2.42. The second kappa shape index (κ2) is 5.58. The normalized spacial score (nSPS) is 12.7. The zero-order valence-electron chi connectivity index (χ0n) is 8.58. The van der Waals surface area contributed by atoms with Gasteiger partial charge in [0.2, 0.25) is 0 Å². The van der Waals surface area contributed by atoms with E-state index in [1.807, 2.05) is 16.8 Å². The van der Waals surface area contributed by atoms with Gasteiger partial charge in [0.15, 0.2) is 0 Å². The maximum atomic E-state index is 13.5. The van der Waals surface area contributed by atoms with E-state index in [-0.39, 0.29) is 11.9 Å². The van der Waals surface area contributed by atoms with Crippen LogP contribution in [-0.2, 0) is 0 Å². The van der Waals surface area contributed by atoms with Crippen molar-refractivity contribution in [1.82, 2.24) is 5.43 Å². The van der Waals surface area contributed by atoms with Crippen LogP contribution in [0.3, 0.4) is 0 Å². The fourth-order valence-electron chi connectivity index (χ4n) is 1.55. The molecule has 0 aliphatic heterocycles. The number of nitrogens with two attached hydrogens (primary N) is 1. The molecule has 2 rings (SSSR count). The molecule has 0 bridgehead atoms. The van der Waals surface area contributed by atoms with E-state index >= 15 is 0 Å². The van der Waals surface area contributed by atoms with Crippen molar-refractivity contribution >= 4 is 43.2 Å². The van der Waals surface area contributed by atoms with Crippen molar-refractivity contribution in [3.63, 3.8) is 0 Å². The molecule has 90 valence electrons. The van der Waals surface area contributed by atoms with E-state index in [9.17, 15) is 4.39 Å². The monoisotopic (exact) mass is 378 g/mol. The van der Waals surface area contributed by atoms with Gasteiger partial charge in [-0.2, -0.15) is 11.3 Å². The summed E-state index contributed by atoms with van der Waals surface area (Å²) < 4.78 is 14.9. The highest BCUT2D eigenvalue weighted by atomic mass is 79.9. The van der Waals surface area contributed by atoms with Gasteiger partial charge in [0.1, 0.15) is 5.82 Å². The number of hydrogen-bond donors (Lipinski definition) is 2. The van der Waals surface area contributed by atoms with E-state index in [4.69, 9.17) is 5.84 Å². The molecule has 6 heteroatoms. The second-order valence-corrected chi connectivity index (χ2v) is 5.90. The fraction of sp³-hybridized carbons (Fsp3) is 0.0909. The third-order valence-corrected chi connectivity index (χ3v) is 4.79. The SMILES string of the molecule is NNC(c1ccc(Br)c(F)c1)c1cscc1Br. The quantitative estimate of drug-likeness (QED) is 0.625. The average Bonchev–Trinajstić information content (AvgIpc) is 2.71. The van der Waals surface area contributed by atoms with E-state index in [1.165, 1.54) is 6.07 Å². The van der Waals surface area contributed by atoms with Gasteiger partial charge in [0.05, 0.1) is 10.5 Å². The van der Waals surface area contributed by atoms with E-state index in [0.717, 1.165) is 15.6 Å². The fourth-order valence-corrected chi connectivity index (χ4v) is 3.35. The van der Waals surface area contributed by atoms with Crippen LogP contribution in [-0.4, -0.2) is 0 Å². The third kappa shape index (κ3) is 2.77. The van der Waals surface area contributed by atoms with Crippen LogP contribution in [0.1, 0.15) is 17.2 Å². The Morgan fingerprint density at radius 1 is 1.24 bits per heavy atom. The summed E-state index contributed by atoms with van der Waals surface area (Å²) in [5.41, 5.74) is 4.49. The van der Waals surface area contributed by atoms with Crippen molar-refractivity contribution in [2.24, 2.45) is 5.84 Å². The Labute approximate surface area is 119 Å². The molecule has 0 amide bonds. The first-order chi connectivity index (χ1) is 8.13. The molecule has 1 unspecified atom stereocenters. The summed E-state index contributed by atoms with van der Waals surface area (Å²) in [7, 11) is 0. The zero-order chi connectivity index (χ0) is 12.4. The predicted octanol–water partition coefficient (Wildman–Crippen LogP) is 3.96. The summed E-state index contributed by atoms with van der Waals surface area (Å²) in [4.78, 5) is 0. The van der Waals surface area contributed by atoms with Gasteiger partial charge in [-0.3, -0.25) is 5.84 Å². The minimum Gasteiger partial charge on any atom is -0.271 e. The summed E-state index contributed by atoms with van der Waals surface area (Å²) in [6.07, 6.45) is 0. The smallest absolute Gasteiger partial charge is 0.137 e. The molecule has 3 N–H and O–H groups in total. The number of benzene rings is 1. The Bertz CT molecular complexity index is 530. The van der Waals surface area contributed by atoms with Crippen molar-refractivity contribution in [2.45, 2.75) is 6.04 Å². The summed E-state index contributed by atoms with van der Waals surface area (Å²) >= 11 is 8.15. The number of hydrazine groups is 1. The first-order valence-corrected chi connectivity index (χ1v) is 7.29. The van der Waals surface area contributed by atoms with Crippen molar-refractivity contribution in [1.29, 1.82) is 0 Å². The van der Waals surface area contributed by atoms with Crippen LogP contribution in [0.15, 0.2) is 37.9 Å². The van der Waals surface area contributed by atoms with E-state index in [2.05, 4.69) is 37.3 Å². The lowest BCUT2D eigenvalue weighted by Gasteiger charge is -2.16. The number of thiophene rings is 1. The van der Waals surface area contributed by atoms with Gasteiger partial charge < -0.3 is 0 Å². The standard InChI is InChI=1S/C11H9Br2FN2S/c12-8-2-1-6(3-10(8)14)11(16-15)7-4-17-5-9(7)13/h1-5,11,16H,15H2. The number of halogens is 3. The highest BCUT2D eigenvalue weighted by molar-refractivity contribution is 9.10. The maximum absolute atomic E-state index is 13.5. The van der Waals surface area contributed by atoms with Crippen molar-refractivity contribution in [3.8, 4) is 0 Å². The van der Waals surface area contributed by atoms with Crippen LogP contribution in [0.4, 0.5) is 4.39 Å². The van der Waals surface area contributed by atoms with Crippen LogP contribution < -0.4 is 11.3 Å². The molecule has 1 atom stereocenters. The highest BCUT2D eigenvalue weighted by Gasteiger charge is 2.17. The summed E-state index contributed by atoms with van der Waals surface area (Å²) in [5.74, 6) is 5.26. The Hall–Kier alpha value is -0.270. The molecule has 2 nitrogen and oxygen atoms in total. The summed E-state index contributed by atoms with van der Waals surface area (Å²) in [6.45, 7) is 0. The van der Waals surface area contributed by atoms with Gasteiger partial charge in [-0.25, -0.2) is 9.82 Å². The zero-order valence-corrected chi connectivity index (χ0v) is 12.6. The van der Waals surface area contributed by atoms with Crippen LogP contribution >= 0.6 is 43.2 Å². The van der Waals surface area contributed by atoms with Gasteiger partial charge in [0, 0.05) is 9.85 Å². The van der Waals surface area contributed by atoms with Crippen molar-refractivity contribution in [3.05, 3.63) is 54.8 Å². The largest absolute Gasteiger partial charge is 0.271 e. The first kappa shape index (κ1) is 13.2. The molecule has 0 saturated carbocycles. The molecule has 0 spiro atoms. The molecule has 0 aliphatic carbocycles. The molecule has 1 heterocycles. The topological polar surface area (TPSA) is 38.0 Å². The molecule has 0 aliphatic rings. The van der Waals surface area contributed by atoms with E-state index < -0.39 is 0 Å². The molecule has 1 aromatic heterocycles. The summed E-state index contributed by atoms with van der Waals surface area (Å²) in [5, 5.41) is 3.95. The van der Waals surface area contributed by atoms with E-state index in [1.54, 1.807) is 17.4 Å². The predicted molar refractivity (Wildman–Crippen MR) is 75.3 cm³/mol. The van der Waals surface area contributed by atoms with Crippen molar-refractivity contribution < 1.29 is 4.39 Å². The molecule has 2 aromatic rings. The molecule has 1 aromatic carbocycles. The van der Waals surface area contributed by atoms with E-state index in [0.29, 0.717) is 4.47 Å². The van der Waals surface area contributed by atoms with Gasteiger partial charge in [-0.15, -0.1) is 0 Å². The third-order valence-electron chi connectivity index (χ3n) is 2.40. The molecule has 0 saturated heterocycles. The Morgan fingerprint density at radius 3 is 2.53 bits per heavy atom. The first-order valence-electron chi connectivity index (χ1n) is 4.76. The van der Waals surface area contributed by atoms with Gasteiger partial charge in [-0.1, -0.05) is 6.07 Å². The maximum Gasteiger partial charge on any atom is 0.137 e. The Morgan fingerprint density at radius 2 is 2.00 bits per heavy atom. The average molecular weight is 380 g/mol. The molecular formula is C11H9Br2FN2S. The van der Waals surface area contributed by atoms with Crippen LogP contribution in [0.2, 0.25) is 0 Å². The van der Waals surface area contributed by atoms with Crippen LogP contribution in [0.25, 0.3) is 0 Å². The van der Waals surface area contributed by atoms with Crippen molar-refractivity contribution in [2.75, 3.05) is 0 Å². The lowest BCUT2D eigenvalue weighted by molar-refractivity contribution is 0.600. The minimum absolute atomic E-state index is 0.224. The van der Waals surface area contributed by atoms with Crippen LogP contribution in [0.5, 0.6) is 0 Å². The van der Waals surface area contributed by atoms with Crippen LogP contribution in [0, 0.1) is 5.82 Å². The lowest BCUT2D eigenvalue weighted by atomic mass is 10.0. The van der Waals surface area contributed by atoms with Gasteiger partial charge in [0.25, 0.3) is 0 Å². The molecule has 0 radical (unpaired) electrons.